The predicted octanol–water partition coefficient (Wildman–Crippen LogP) is 2.62. The van der Waals surface area contributed by atoms with E-state index in [4.69, 9.17) is 0 Å². The van der Waals surface area contributed by atoms with E-state index in [2.05, 4.69) is 15.4 Å². The quantitative estimate of drug-likeness (QED) is 0.832. The highest BCUT2D eigenvalue weighted by Crippen LogP contribution is 2.14. The number of aryl methyl sites for hydroxylation is 2. The Morgan fingerprint density at radius 3 is 2.30 bits per heavy atom. The lowest BCUT2D eigenvalue weighted by Gasteiger charge is -2.20. The summed E-state index contributed by atoms with van der Waals surface area (Å²) in [6.45, 7) is 7.67. The van der Waals surface area contributed by atoms with Crippen LogP contribution in [0.2, 0.25) is 0 Å². The average molecular weight is 278 g/mol. The van der Waals surface area contributed by atoms with Crippen LogP contribution in [0, 0.1) is 19.8 Å². The van der Waals surface area contributed by atoms with Gasteiger partial charge in [0.25, 0.3) is 0 Å². The molecule has 20 heavy (non-hydrogen) atoms. The van der Waals surface area contributed by atoms with Crippen LogP contribution in [0.5, 0.6) is 0 Å². The Morgan fingerprint density at radius 1 is 1.15 bits per heavy atom. The van der Waals surface area contributed by atoms with Crippen molar-refractivity contribution in [1.82, 2.24) is 5.32 Å². The number of methoxy groups -OCH3 is 1. The Morgan fingerprint density at radius 2 is 1.80 bits per heavy atom. The van der Waals surface area contributed by atoms with Crippen LogP contribution in [0.3, 0.4) is 0 Å². The summed E-state index contributed by atoms with van der Waals surface area (Å²) >= 11 is 0. The summed E-state index contributed by atoms with van der Waals surface area (Å²) < 4.78 is 4.68. The fraction of sp³-hybridized carbons (Fsp3) is 0.467. The van der Waals surface area contributed by atoms with Gasteiger partial charge in [-0.1, -0.05) is 19.9 Å². The number of hydrogen-bond acceptors (Lipinski definition) is 3. The molecule has 0 aliphatic carbocycles. The molecule has 0 aliphatic heterocycles. The minimum Gasteiger partial charge on any atom is -0.467 e. The normalized spacial score (nSPS) is 11.9. The summed E-state index contributed by atoms with van der Waals surface area (Å²) in [5.74, 6) is -0.497. The van der Waals surface area contributed by atoms with Crippen molar-refractivity contribution in [2.45, 2.75) is 33.7 Å². The fourth-order valence-corrected chi connectivity index (χ4v) is 1.75. The molecular formula is C15H22N2O3. The van der Waals surface area contributed by atoms with Crippen LogP contribution in [0.25, 0.3) is 0 Å². The Balaban J connectivity index is 2.70. The Bertz CT molecular complexity index is 498. The number of carbonyl (C=O) groups is 2. The van der Waals surface area contributed by atoms with Gasteiger partial charge in [-0.05, 0) is 43.0 Å². The number of urea groups is 1. The first kappa shape index (κ1) is 16.0. The molecule has 1 rings (SSSR count). The average Bonchev–Trinajstić information content (AvgIpc) is 2.39. The van der Waals surface area contributed by atoms with Crippen molar-refractivity contribution in [3.05, 3.63) is 29.3 Å². The van der Waals surface area contributed by atoms with Crippen molar-refractivity contribution in [3.63, 3.8) is 0 Å². The first-order chi connectivity index (χ1) is 9.35. The van der Waals surface area contributed by atoms with Crippen LogP contribution in [0.15, 0.2) is 18.2 Å². The standard InChI is InChI=1S/C15H22N2O3/c1-9(2)13(14(18)20-5)17-15(19)16-12-7-6-10(3)11(4)8-12/h6-9,13H,1-5H3,(H2,16,17,19)/t13-/m1/s1. The molecule has 2 amide bonds. The van der Waals surface area contributed by atoms with E-state index in [0.29, 0.717) is 5.69 Å². The highest BCUT2D eigenvalue weighted by atomic mass is 16.5. The van der Waals surface area contributed by atoms with Gasteiger partial charge in [0.1, 0.15) is 6.04 Å². The van der Waals surface area contributed by atoms with E-state index in [1.54, 1.807) is 0 Å². The highest BCUT2D eigenvalue weighted by molar-refractivity contribution is 5.92. The van der Waals surface area contributed by atoms with Gasteiger partial charge in [0, 0.05) is 5.69 Å². The second-order valence-corrected chi connectivity index (χ2v) is 5.14. The summed E-state index contributed by atoms with van der Waals surface area (Å²) in [5, 5.41) is 5.34. The molecule has 0 aliphatic rings. The number of anilines is 1. The smallest absolute Gasteiger partial charge is 0.328 e. The number of carbonyl (C=O) groups excluding carboxylic acids is 2. The van der Waals surface area contributed by atoms with Gasteiger partial charge in [0.2, 0.25) is 0 Å². The highest BCUT2D eigenvalue weighted by Gasteiger charge is 2.24. The van der Waals surface area contributed by atoms with Gasteiger partial charge in [0.05, 0.1) is 7.11 Å². The molecule has 0 radical (unpaired) electrons. The molecule has 0 fully saturated rings. The van der Waals surface area contributed by atoms with E-state index in [-0.39, 0.29) is 5.92 Å². The Labute approximate surface area is 119 Å². The summed E-state index contributed by atoms with van der Waals surface area (Å²) in [6.07, 6.45) is 0. The first-order valence-corrected chi connectivity index (χ1v) is 6.57. The van der Waals surface area contributed by atoms with E-state index in [1.165, 1.54) is 7.11 Å². The van der Waals surface area contributed by atoms with E-state index in [1.807, 2.05) is 45.9 Å². The largest absolute Gasteiger partial charge is 0.467 e. The molecule has 0 unspecified atom stereocenters. The van der Waals surface area contributed by atoms with Gasteiger partial charge in [-0.2, -0.15) is 0 Å². The molecule has 0 saturated carbocycles. The molecule has 0 spiro atoms. The molecule has 5 nitrogen and oxygen atoms in total. The Kier molecular flexibility index (Phi) is 5.55. The van der Waals surface area contributed by atoms with Gasteiger partial charge in [-0.3, -0.25) is 0 Å². The maximum absolute atomic E-state index is 11.9. The fourth-order valence-electron chi connectivity index (χ4n) is 1.75. The summed E-state index contributed by atoms with van der Waals surface area (Å²) in [4.78, 5) is 23.5. The van der Waals surface area contributed by atoms with Crippen LogP contribution in [0.4, 0.5) is 10.5 Å². The van der Waals surface area contributed by atoms with Gasteiger partial charge in [-0.25, -0.2) is 9.59 Å². The zero-order valence-electron chi connectivity index (χ0n) is 12.6. The third kappa shape index (κ3) is 4.26. The minimum absolute atomic E-state index is 0.0482. The minimum atomic E-state index is -0.661. The molecule has 0 saturated heterocycles. The van der Waals surface area contributed by atoms with Gasteiger partial charge >= 0.3 is 12.0 Å². The maximum Gasteiger partial charge on any atom is 0.328 e. The van der Waals surface area contributed by atoms with Crippen LogP contribution >= 0.6 is 0 Å². The van der Waals surface area contributed by atoms with E-state index in [9.17, 15) is 9.59 Å². The number of benzene rings is 1. The topological polar surface area (TPSA) is 67.4 Å². The second-order valence-electron chi connectivity index (χ2n) is 5.14. The van der Waals surface area contributed by atoms with Crippen LogP contribution in [0.1, 0.15) is 25.0 Å². The number of esters is 1. The number of hydrogen-bond donors (Lipinski definition) is 2. The summed E-state index contributed by atoms with van der Waals surface area (Å²) in [5.41, 5.74) is 2.94. The van der Waals surface area contributed by atoms with Crippen LogP contribution in [-0.2, 0) is 9.53 Å². The van der Waals surface area contributed by atoms with Crippen LogP contribution in [-0.4, -0.2) is 25.2 Å². The number of ether oxygens (including phenoxy) is 1. The summed E-state index contributed by atoms with van der Waals surface area (Å²) in [7, 11) is 1.31. The molecular weight excluding hydrogens is 256 g/mol. The van der Waals surface area contributed by atoms with Crippen LogP contribution < -0.4 is 10.6 Å². The van der Waals surface area contributed by atoms with Gasteiger partial charge in [-0.15, -0.1) is 0 Å². The van der Waals surface area contributed by atoms with E-state index >= 15 is 0 Å². The molecule has 110 valence electrons. The third-order valence-corrected chi connectivity index (χ3v) is 3.17. The van der Waals surface area contributed by atoms with Crippen molar-refractivity contribution in [2.75, 3.05) is 12.4 Å². The van der Waals surface area contributed by atoms with Crippen molar-refractivity contribution in [3.8, 4) is 0 Å². The van der Waals surface area contributed by atoms with Gasteiger partial charge < -0.3 is 15.4 Å². The molecule has 0 aromatic heterocycles. The van der Waals surface area contributed by atoms with Gasteiger partial charge in [0.15, 0.2) is 0 Å². The lowest BCUT2D eigenvalue weighted by Crippen LogP contribution is -2.46. The molecule has 0 bridgehead atoms. The van der Waals surface area contributed by atoms with Crippen molar-refractivity contribution < 1.29 is 14.3 Å². The summed E-state index contributed by atoms with van der Waals surface area (Å²) in [6, 6.07) is 4.57. The number of amides is 2. The molecule has 2 N–H and O–H groups in total. The lowest BCUT2D eigenvalue weighted by molar-refractivity contribution is -0.143. The lowest BCUT2D eigenvalue weighted by atomic mass is 10.1. The predicted molar refractivity (Wildman–Crippen MR) is 78.7 cm³/mol. The molecule has 1 atom stereocenters. The van der Waals surface area contributed by atoms with Crippen molar-refractivity contribution >= 4 is 17.7 Å². The van der Waals surface area contributed by atoms with Crippen molar-refractivity contribution in [1.29, 1.82) is 0 Å². The second kappa shape index (κ2) is 6.93. The SMILES string of the molecule is COC(=O)[C@H](NC(=O)Nc1ccc(C)c(C)c1)C(C)C. The van der Waals surface area contributed by atoms with E-state index < -0.39 is 18.0 Å². The zero-order chi connectivity index (χ0) is 15.3. The maximum atomic E-state index is 11.9. The number of rotatable bonds is 4. The molecule has 0 heterocycles. The molecule has 5 heteroatoms. The first-order valence-electron chi connectivity index (χ1n) is 6.57. The zero-order valence-corrected chi connectivity index (χ0v) is 12.6. The molecule has 1 aromatic rings. The molecule has 1 aromatic carbocycles. The monoisotopic (exact) mass is 278 g/mol. The van der Waals surface area contributed by atoms with Crippen molar-refractivity contribution in [2.24, 2.45) is 5.92 Å². The Hall–Kier alpha value is -2.04. The van der Waals surface area contributed by atoms with E-state index in [0.717, 1.165) is 11.1 Å². The number of nitrogens with one attached hydrogen (secondary N) is 2. The third-order valence-electron chi connectivity index (χ3n) is 3.17.